The molecular formula is C24H25N3O5S. The van der Waals surface area contributed by atoms with Crippen molar-refractivity contribution in [1.29, 1.82) is 0 Å². The molecule has 1 aromatic heterocycles. The number of rotatable bonds is 7. The Balaban J connectivity index is 1.54. The molecule has 0 radical (unpaired) electrons. The first-order valence-electron chi connectivity index (χ1n) is 10.8. The molecule has 8 nitrogen and oxygen atoms in total. The standard InChI is InChI=1S/C24H25N3O5S/c1-2-26(20-13-14-33(30,31)17-20)22(28)16-32-24(29)21-15-27(19-11-7-4-8-12-19)25-23(21)18-9-5-3-6-10-18/h3-12,15,20H,2,13-14,16-17H2,1H3/t20-/m1/s1. The monoisotopic (exact) mass is 467 g/mol. The summed E-state index contributed by atoms with van der Waals surface area (Å²) >= 11 is 0. The van der Waals surface area contributed by atoms with E-state index in [4.69, 9.17) is 4.74 Å². The second-order valence-corrected chi connectivity index (χ2v) is 10.1. The minimum Gasteiger partial charge on any atom is -0.452 e. The van der Waals surface area contributed by atoms with Crippen LogP contribution in [-0.2, 0) is 19.4 Å². The molecule has 2 heterocycles. The Bertz CT molecular complexity index is 1240. The summed E-state index contributed by atoms with van der Waals surface area (Å²) in [5, 5.41) is 4.58. The average molecular weight is 468 g/mol. The number of ether oxygens (including phenoxy) is 1. The summed E-state index contributed by atoms with van der Waals surface area (Å²) in [6.07, 6.45) is 1.99. The van der Waals surface area contributed by atoms with Crippen LogP contribution in [0.4, 0.5) is 0 Å². The minimum absolute atomic E-state index is 0.0530. The number of esters is 1. The summed E-state index contributed by atoms with van der Waals surface area (Å²) in [6, 6.07) is 18.3. The van der Waals surface area contributed by atoms with Crippen LogP contribution >= 0.6 is 0 Å². The van der Waals surface area contributed by atoms with Crippen molar-refractivity contribution in [3.05, 3.63) is 72.4 Å². The van der Waals surface area contributed by atoms with Gasteiger partial charge in [-0.15, -0.1) is 0 Å². The van der Waals surface area contributed by atoms with Gasteiger partial charge in [0, 0.05) is 24.3 Å². The lowest BCUT2D eigenvalue weighted by molar-refractivity contribution is -0.136. The molecule has 1 atom stereocenters. The van der Waals surface area contributed by atoms with E-state index in [2.05, 4.69) is 5.10 Å². The summed E-state index contributed by atoms with van der Waals surface area (Å²) in [5.41, 5.74) is 2.22. The van der Waals surface area contributed by atoms with E-state index >= 15 is 0 Å². The number of nitrogens with zero attached hydrogens (tertiary/aromatic N) is 3. The molecule has 0 N–H and O–H groups in total. The number of aromatic nitrogens is 2. The topological polar surface area (TPSA) is 98.6 Å². The van der Waals surface area contributed by atoms with Crippen LogP contribution in [0.3, 0.4) is 0 Å². The van der Waals surface area contributed by atoms with E-state index in [0.717, 1.165) is 11.3 Å². The van der Waals surface area contributed by atoms with Crippen LogP contribution in [0.15, 0.2) is 66.9 Å². The van der Waals surface area contributed by atoms with Gasteiger partial charge in [-0.2, -0.15) is 5.10 Å². The highest BCUT2D eigenvalue weighted by atomic mass is 32.2. The lowest BCUT2D eigenvalue weighted by Gasteiger charge is -2.26. The van der Waals surface area contributed by atoms with Crippen LogP contribution < -0.4 is 0 Å². The molecule has 172 valence electrons. The molecule has 0 aliphatic carbocycles. The Labute approximate surface area is 192 Å². The van der Waals surface area contributed by atoms with E-state index in [-0.39, 0.29) is 23.1 Å². The molecule has 3 aromatic rings. The second kappa shape index (κ2) is 9.58. The number of likely N-dealkylation sites (N-methyl/N-ethyl adjacent to an activating group) is 1. The van der Waals surface area contributed by atoms with Gasteiger partial charge in [-0.1, -0.05) is 48.5 Å². The predicted octanol–water partition coefficient (Wildman–Crippen LogP) is 2.73. The Morgan fingerprint density at radius 2 is 1.76 bits per heavy atom. The number of carbonyl (C=O) groups excluding carboxylic acids is 2. The van der Waals surface area contributed by atoms with E-state index in [1.54, 1.807) is 17.8 Å². The molecule has 0 bridgehead atoms. The van der Waals surface area contributed by atoms with Crippen LogP contribution in [-0.4, -0.2) is 65.7 Å². The van der Waals surface area contributed by atoms with Gasteiger partial charge in [-0.05, 0) is 25.5 Å². The molecule has 1 amide bonds. The molecule has 1 fully saturated rings. The zero-order chi connectivity index (χ0) is 23.4. The SMILES string of the molecule is CCN(C(=O)COC(=O)c1cn(-c2ccccc2)nc1-c1ccccc1)[C@@H]1CCS(=O)(=O)C1. The minimum atomic E-state index is -3.13. The molecule has 33 heavy (non-hydrogen) atoms. The smallest absolute Gasteiger partial charge is 0.342 e. The zero-order valence-corrected chi connectivity index (χ0v) is 19.1. The van der Waals surface area contributed by atoms with Gasteiger partial charge in [0.05, 0.1) is 17.2 Å². The van der Waals surface area contributed by atoms with Gasteiger partial charge in [-0.25, -0.2) is 17.9 Å². The van der Waals surface area contributed by atoms with Crippen LogP contribution in [0.1, 0.15) is 23.7 Å². The zero-order valence-electron chi connectivity index (χ0n) is 18.3. The van der Waals surface area contributed by atoms with E-state index < -0.39 is 28.3 Å². The lowest BCUT2D eigenvalue weighted by Crippen LogP contribution is -2.43. The highest BCUT2D eigenvalue weighted by molar-refractivity contribution is 7.91. The maximum Gasteiger partial charge on any atom is 0.342 e. The molecule has 0 saturated carbocycles. The number of amides is 1. The first-order chi connectivity index (χ1) is 15.9. The Morgan fingerprint density at radius 1 is 1.09 bits per heavy atom. The van der Waals surface area contributed by atoms with Crippen molar-refractivity contribution in [3.63, 3.8) is 0 Å². The van der Waals surface area contributed by atoms with Crippen molar-refractivity contribution in [2.75, 3.05) is 24.7 Å². The molecule has 0 spiro atoms. The summed E-state index contributed by atoms with van der Waals surface area (Å²) in [5.74, 6) is -1.06. The van der Waals surface area contributed by atoms with E-state index in [1.165, 1.54) is 4.90 Å². The van der Waals surface area contributed by atoms with Crippen molar-refractivity contribution in [1.82, 2.24) is 14.7 Å². The molecular weight excluding hydrogens is 442 g/mol. The molecule has 0 unspecified atom stereocenters. The molecule has 4 rings (SSSR count). The summed E-state index contributed by atoms with van der Waals surface area (Å²) in [7, 11) is -3.13. The number of hydrogen-bond acceptors (Lipinski definition) is 6. The van der Waals surface area contributed by atoms with E-state index in [9.17, 15) is 18.0 Å². The van der Waals surface area contributed by atoms with Gasteiger partial charge in [-0.3, -0.25) is 4.79 Å². The maximum absolute atomic E-state index is 13.0. The molecule has 1 saturated heterocycles. The third-order valence-corrected chi connectivity index (χ3v) is 7.39. The van der Waals surface area contributed by atoms with Gasteiger partial charge in [0.2, 0.25) is 0 Å². The number of carbonyl (C=O) groups is 2. The quantitative estimate of drug-likeness (QED) is 0.496. The van der Waals surface area contributed by atoms with Gasteiger partial charge >= 0.3 is 5.97 Å². The van der Waals surface area contributed by atoms with Crippen molar-refractivity contribution in [2.24, 2.45) is 0 Å². The van der Waals surface area contributed by atoms with Crippen LogP contribution in [0.25, 0.3) is 16.9 Å². The van der Waals surface area contributed by atoms with Gasteiger partial charge in [0.15, 0.2) is 16.4 Å². The fourth-order valence-corrected chi connectivity index (χ4v) is 5.72. The highest BCUT2D eigenvalue weighted by Crippen LogP contribution is 2.24. The number of benzene rings is 2. The maximum atomic E-state index is 13.0. The first-order valence-corrected chi connectivity index (χ1v) is 12.6. The van der Waals surface area contributed by atoms with Crippen LogP contribution in [0, 0.1) is 0 Å². The molecule has 1 aliphatic heterocycles. The average Bonchev–Trinajstić information content (AvgIpc) is 3.43. The van der Waals surface area contributed by atoms with E-state index in [0.29, 0.717) is 18.7 Å². The van der Waals surface area contributed by atoms with Crippen molar-refractivity contribution < 1.29 is 22.7 Å². The van der Waals surface area contributed by atoms with Crippen molar-refractivity contribution in [2.45, 2.75) is 19.4 Å². The number of sulfone groups is 1. The van der Waals surface area contributed by atoms with Crippen LogP contribution in [0.2, 0.25) is 0 Å². The third kappa shape index (κ3) is 5.14. The highest BCUT2D eigenvalue weighted by Gasteiger charge is 2.34. The van der Waals surface area contributed by atoms with Gasteiger partial charge in [0.25, 0.3) is 5.91 Å². The number of hydrogen-bond donors (Lipinski definition) is 0. The molecule has 2 aromatic carbocycles. The largest absolute Gasteiger partial charge is 0.452 e. The van der Waals surface area contributed by atoms with Crippen molar-refractivity contribution >= 4 is 21.7 Å². The van der Waals surface area contributed by atoms with Crippen molar-refractivity contribution in [3.8, 4) is 16.9 Å². The summed E-state index contributed by atoms with van der Waals surface area (Å²) < 4.78 is 30.6. The van der Waals surface area contributed by atoms with Gasteiger partial charge in [0.1, 0.15) is 11.3 Å². The summed E-state index contributed by atoms with van der Waals surface area (Å²) in [6.45, 7) is 1.66. The molecule has 1 aliphatic rings. The fourth-order valence-electron chi connectivity index (χ4n) is 3.99. The third-order valence-electron chi connectivity index (χ3n) is 5.64. The fraction of sp³-hybridized carbons (Fsp3) is 0.292. The number of para-hydroxylation sites is 1. The normalized spacial score (nSPS) is 16.9. The Kier molecular flexibility index (Phi) is 6.60. The Hall–Kier alpha value is -3.46. The van der Waals surface area contributed by atoms with Crippen LogP contribution in [0.5, 0.6) is 0 Å². The Morgan fingerprint density at radius 3 is 2.36 bits per heavy atom. The van der Waals surface area contributed by atoms with E-state index in [1.807, 2.05) is 60.7 Å². The second-order valence-electron chi connectivity index (χ2n) is 7.85. The predicted molar refractivity (Wildman–Crippen MR) is 124 cm³/mol. The van der Waals surface area contributed by atoms with Gasteiger partial charge < -0.3 is 9.64 Å². The molecule has 9 heteroatoms. The summed E-state index contributed by atoms with van der Waals surface area (Å²) in [4.78, 5) is 27.2. The lowest BCUT2D eigenvalue weighted by atomic mass is 10.1. The first kappa shape index (κ1) is 22.7.